The van der Waals surface area contributed by atoms with E-state index in [1.807, 2.05) is 65.4 Å². The second kappa shape index (κ2) is 8.68. The number of carbonyl (C=O) groups is 1. The van der Waals surface area contributed by atoms with Gasteiger partial charge in [0.1, 0.15) is 0 Å². The SMILES string of the molecule is CSc1nc2cccc(C(=O)O)c2n1Cc1ccc(-c2ccccc2-c2nc(=S)o[nH]2)cc1. The number of fused-ring (bicyclic) bond motifs is 1. The van der Waals surface area contributed by atoms with Gasteiger partial charge in [0.05, 0.1) is 23.1 Å². The monoisotopic (exact) mass is 474 g/mol. The number of para-hydroxylation sites is 1. The van der Waals surface area contributed by atoms with Gasteiger partial charge >= 0.3 is 10.8 Å². The van der Waals surface area contributed by atoms with E-state index in [4.69, 9.17) is 16.7 Å². The quantitative estimate of drug-likeness (QED) is 0.234. The van der Waals surface area contributed by atoms with Crippen LogP contribution in [0.5, 0.6) is 0 Å². The molecule has 2 aromatic heterocycles. The molecule has 0 aliphatic carbocycles. The smallest absolute Gasteiger partial charge is 0.337 e. The van der Waals surface area contributed by atoms with Crippen molar-refractivity contribution in [3.05, 3.63) is 82.7 Å². The summed E-state index contributed by atoms with van der Waals surface area (Å²) in [6.45, 7) is 0.509. The minimum absolute atomic E-state index is 0.160. The van der Waals surface area contributed by atoms with Crippen molar-refractivity contribution in [2.45, 2.75) is 11.7 Å². The molecule has 0 aliphatic heterocycles. The third-order valence-electron chi connectivity index (χ3n) is 5.37. The average Bonchev–Trinajstić information content (AvgIpc) is 3.43. The van der Waals surface area contributed by atoms with Crippen molar-refractivity contribution in [2.24, 2.45) is 0 Å². The summed E-state index contributed by atoms with van der Waals surface area (Å²) < 4.78 is 7.06. The Morgan fingerprint density at radius 2 is 1.82 bits per heavy atom. The number of aromatic nitrogens is 4. The molecular weight excluding hydrogens is 456 g/mol. The maximum Gasteiger partial charge on any atom is 0.337 e. The fraction of sp³-hybridized carbons (Fsp3) is 0.0833. The number of carboxylic acid groups (broad SMARTS) is 1. The van der Waals surface area contributed by atoms with Crippen molar-refractivity contribution in [3.8, 4) is 22.5 Å². The molecule has 3 aromatic carbocycles. The molecule has 0 saturated heterocycles. The molecule has 2 heterocycles. The highest BCUT2D eigenvalue weighted by Gasteiger charge is 2.18. The zero-order valence-electron chi connectivity index (χ0n) is 17.5. The Kier molecular flexibility index (Phi) is 5.57. The van der Waals surface area contributed by atoms with Crippen LogP contribution in [-0.4, -0.2) is 37.0 Å². The molecule has 0 spiro atoms. The number of nitrogens with zero attached hydrogens (tertiary/aromatic N) is 3. The fourth-order valence-corrected chi connectivity index (χ4v) is 4.60. The molecule has 0 radical (unpaired) electrons. The minimum atomic E-state index is -0.965. The molecule has 0 fully saturated rings. The van der Waals surface area contributed by atoms with E-state index >= 15 is 0 Å². The van der Waals surface area contributed by atoms with Gasteiger partial charge in [0.2, 0.25) is 0 Å². The number of hydrogen-bond donors (Lipinski definition) is 2. The third-order valence-corrected chi connectivity index (χ3v) is 6.22. The van der Waals surface area contributed by atoms with E-state index in [-0.39, 0.29) is 10.4 Å². The van der Waals surface area contributed by atoms with Crippen LogP contribution in [0.1, 0.15) is 15.9 Å². The molecule has 0 amide bonds. The first kappa shape index (κ1) is 21.2. The highest BCUT2D eigenvalue weighted by atomic mass is 32.2. The molecule has 0 unspecified atom stereocenters. The predicted molar refractivity (Wildman–Crippen MR) is 130 cm³/mol. The number of aromatic amines is 1. The van der Waals surface area contributed by atoms with Crippen LogP contribution in [0.15, 0.2) is 76.4 Å². The lowest BCUT2D eigenvalue weighted by Gasteiger charge is -2.11. The van der Waals surface area contributed by atoms with E-state index in [9.17, 15) is 9.90 Å². The fourth-order valence-electron chi connectivity index (χ4n) is 3.90. The van der Waals surface area contributed by atoms with Crippen molar-refractivity contribution >= 4 is 41.0 Å². The molecule has 0 bridgehead atoms. The molecule has 2 N–H and O–H groups in total. The van der Waals surface area contributed by atoms with Gasteiger partial charge in [-0.25, -0.2) is 14.9 Å². The van der Waals surface area contributed by atoms with Gasteiger partial charge in [-0.1, -0.05) is 66.4 Å². The van der Waals surface area contributed by atoms with Crippen molar-refractivity contribution in [1.29, 1.82) is 0 Å². The van der Waals surface area contributed by atoms with E-state index in [0.29, 0.717) is 23.4 Å². The van der Waals surface area contributed by atoms with E-state index in [0.717, 1.165) is 27.4 Å². The molecular formula is C24H18N4O3S2. The van der Waals surface area contributed by atoms with Gasteiger partial charge in [0.15, 0.2) is 11.0 Å². The Morgan fingerprint density at radius 3 is 2.48 bits per heavy atom. The Hall–Kier alpha value is -3.69. The number of H-pyrrole nitrogens is 1. The van der Waals surface area contributed by atoms with Crippen molar-refractivity contribution < 1.29 is 14.4 Å². The number of benzene rings is 3. The standard InChI is InChI=1S/C24H18N4O3S2/c1-33-23-25-19-8-4-7-18(22(29)30)20(19)28(23)13-14-9-11-15(12-10-14)16-5-2-3-6-17(16)21-26-24(32)31-27-21/h2-12H,13H2,1H3,(H,29,30)(H,26,27,32). The van der Waals surface area contributed by atoms with Crippen LogP contribution >= 0.6 is 24.0 Å². The van der Waals surface area contributed by atoms with Gasteiger partial charge in [-0.3, -0.25) is 0 Å². The number of hydrogen-bond acceptors (Lipinski definition) is 6. The van der Waals surface area contributed by atoms with Crippen LogP contribution in [0.25, 0.3) is 33.5 Å². The zero-order chi connectivity index (χ0) is 22.9. The van der Waals surface area contributed by atoms with Gasteiger partial charge in [-0.2, -0.15) is 4.98 Å². The predicted octanol–water partition coefficient (Wildman–Crippen LogP) is 5.88. The molecule has 9 heteroatoms. The maximum atomic E-state index is 11.8. The van der Waals surface area contributed by atoms with Crippen LogP contribution in [0, 0.1) is 4.84 Å². The number of imidazole rings is 1. The van der Waals surface area contributed by atoms with Gasteiger partial charge in [0, 0.05) is 5.56 Å². The summed E-state index contributed by atoms with van der Waals surface area (Å²) in [5.74, 6) is -0.386. The lowest BCUT2D eigenvalue weighted by molar-refractivity contribution is 0.0698. The van der Waals surface area contributed by atoms with E-state index < -0.39 is 5.97 Å². The number of aromatic carboxylic acids is 1. The van der Waals surface area contributed by atoms with Gasteiger partial charge in [-0.15, -0.1) is 0 Å². The zero-order valence-corrected chi connectivity index (χ0v) is 19.1. The second-order valence-corrected chi connectivity index (χ2v) is 8.46. The largest absolute Gasteiger partial charge is 0.478 e. The summed E-state index contributed by atoms with van der Waals surface area (Å²) in [4.78, 5) is 20.8. The Balaban J connectivity index is 1.52. The van der Waals surface area contributed by atoms with E-state index in [1.54, 1.807) is 12.1 Å². The van der Waals surface area contributed by atoms with Crippen LogP contribution in [0.2, 0.25) is 0 Å². The molecule has 0 saturated carbocycles. The van der Waals surface area contributed by atoms with Crippen LogP contribution in [0.4, 0.5) is 0 Å². The first-order valence-electron chi connectivity index (χ1n) is 10.1. The molecule has 33 heavy (non-hydrogen) atoms. The highest BCUT2D eigenvalue weighted by molar-refractivity contribution is 7.98. The summed E-state index contributed by atoms with van der Waals surface area (Å²) in [5.41, 5.74) is 5.49. The van der Waals surface area contributed by atoms with Crippen molar-refractivity contribution in [3.63, 3.8) is 0 Å². The molecule has 5 aromatic rings. The average molecular weight is 475 g/mol. The lowest BCUT2D eigenvalue weighted by Crippen LogP contribution is -2.06. The Bertz CT molecular complexity index is 1530. The summed E-state index contributed by atoms with van der Waals surface area (Å²) in [5, 5.41) is 13.2. The van der Waals surface area contributed by atoms with Gasteiger partial charge < -0.3 is 14.2 Å². The van der Waals surface area contributed by atoms with Gasteiger partial charge in [-0.05, 0) is 47.3 Å². The third kappa shape index (κ3) is 3.96. The molecule has 164 valence electrons. The minimum Gasteiger partial charge on any atom is -0.478 e. The summed E-state index contributed by atoms with van der Waals surface area (Å²) >= 11 is 6.48. The number of carboxylic acids is 1. The Morgan fingerprint density at radius 1 is 1.06 bits per heavy atom. The van der Waals surface area contributed by atoms with Crippen LogP contribution in [0.3, 0.4) is 0 Å². The van der Waals surface area contributed by atoms with Crippen molar-refractivity contribution in [2.75, 3.05) is 6.26 Å². The van der Waals surface area contributed by atoms with Crippen molar-refractivity contribution in [1.82, 2.24) is 19.7 Å². The number of nitrogens with one attached hydrogen (secondary N) is 1. The topological polar surface area (TPSA) is 96.9 Å². The summed E-state index contributed by atoms with van der Waals surface area (Å²) in [6, 6.07) is 21.2. The molecule has 0 atom stereocenters. The first-order chi connectivity index (χ1) is 16.0. The van der Waals surface area contributed by atoms with Crippen LogP contribution < -0.4 is 0 Å². The van der Waals surface area contributed by atoms with Gasteiger partial charge in [0.25, 0.3) is 0 Å². The van der Waals surface area contributed by atoms with E-state index in [1.165, 1.54) is 11.8 Å². The number of rotatable bonds is 6. The highest BCUT2D eigenvalue weighted by Crippen LogP contribution is 2.31. The first-order valence-corrected chi connectivity index (χ1v) is 11.7. The molecule has 7 nitrogen and oxygen atoms in total. The van der Waals surface area contributed by atoms with E-state index in [2.05, 4.69) is 15.1 Å². The maximum absolute atomic E-state index is 11.8. The normalized spacial score (nSPS) is 11.2. The molecule has 5 rings (SSSR count). The summed E-state index contributed by atoms with van der Waals surface area (Å²) in [7, 11) is 0. The lowest BCUT2D eigenvalue weighted by atomic mass is 9.98. The van der Waals surface area contributed by atoms with Crippen LogP contribution in [-0.2, 0) is 6.54 Å². The number of thioether (sulfide) groups is 1. The summed E-state index contributed by atoms with van der Waals surface area (Å²) in [6.07, 6.45) is 1.94. The second-order valence-electron chi connectivity index (χ2n) is 7.34. The Labute approximate surface area is 198 Å². The molecule has 0 aliphatic rings.